The summed E-state index contributed by atoms with van der Waals surface area (Å²) in [6.45, 7) is 0. The van der Waals surface area contributed by atoms with Crippen LogP contribution in [-0.4, -0.2) is 11.1 Å². The lowest BCUT2D eigenvalue weighted by molar-refractivity contribution is -0.137. The molecule has 0 amide bonds. The number of carboxylic acid groups (broad SMARTS) is 1. The van der Waals surface area contributed by atoms with Gasteiger partial charge >= 0.3 is 12.1 Å². The van der Waals surface area contributed by atoms with Crippen molar-refractivity contribution in [3.8, 4) is 0 Å². The first kappa shape index (κ1) is 12.8. The molecule has 1 N–H and O–H groups in total. The van der Waals surface area contributed by atoms with Crippen molar-refractivity contribution in [2.45, 2.75) is 6.18 Å². The Morgan fingerprint density at radius 2 is 2.00 bits per heavy atom. The maximum Gasteiger partial charge on any atom is 0.416 e. The lowest BCUT2D eigenvalue weighted by Gasteiger charge is -2.06. The first-order valence-electron chi connectivity index (χ1n) is 4.08. The predicted octanol–water partition coefficient (Wildman–Crippen LogP) is 3.53. The minimum atomic E-state index is -4.43. The zero-order valence-electron chi connectivity index (χ0n) is 7.75. The lowest BCUT2D eigenvalue weighted by atomic mass is 10.1. The van der Waals surface area contributed by atoms with Gasteiger partial charge < -0.3 is 5.11 Å². The van der Waals surface area contributed by atoms with Gasteiger partial charge in [0, 0.05) is 0 Å². The standard InChI is InChI=1S/C10H6BrF3O2/c11-8(9(15)16)5-6-2-1-3-7(4-6)10(12,13)14/h1-5H,(H,15,16). The number of carboxylic acids is 1. The SMILES string of the molecule is O=C(O)C(Br)=Cc1cccc(C(F)(F)F)c1. The summed E-state index contributed by atoms with van der Waals surface area (Å²) in [6, 6.07) is 4.41. The van der Waals surface area contributed by atoms with Gasteiger partial charge in [0.15, 0.2) is 0 Å². The second-order valence-corrected chi connectivity index (χ2v) is 3.77. The van der Waals surface area contributed by atoms with Gasteiger partial charge in [-0.05, 0) is 39.7 Å². The van der Waals surface area contributed by atoms with Gasteiger partial charge in [-0.25, -0.2) is 4.79 Å². The molecular formula is C10H6BrF3O2. The molecule has 0 radical (unpaired) electrons. The van der Waals surface area contributed by atoms with E-state index in [0.717, 1.165) is 18.2 Å². The summed E-state index contributed by atoms with van der Waals surface area (Å²) in [4.78, 5) is 10.4. The number of alkyl halides is 3. The Bertz CT molecular complexity index is 438. The van der Waals surface area contributed by atoms with E-state index in [4.69, 9.17) is 5.11 Å². The molecule has 0 aliphatic carbocycles. The van der Waals surface area contributed by atoms with E-state index in [2.05, 4.69) is 15.9 Å². The van der Waals surface area contributed by atoms with Gasteiger partial charge in [0.1, 0.15) is 4.48 Å². The maximum absolute atomic E-state index is 12.3. The largest absolute Gasteiger partial charge is 0.477 e. The minimum absolute atomic E-state index is 0.170. The molecule has 1 aromatic carbocycles. The van der Waals surface area contributed by atoms with Crippen LogP contribution in [0.15, 0.2) is 28.7 Å². The molecule has 0 heterocycles. The van der Waals surface area contributed by atoms with E-state index < -0.39 is 17.7 Å². The molecule has 6 heteroatoms. The Morgan fingerprint density at radius 3 is 2.50 bits per heavy atom. The van der Waals surface area contributed by atoms with Gasteiger partial charge in [-0.1, -0.05) is 12.1 Å². The monoisotopic (exact) mass is 294 g/mol. The van der Waals surface area contributed by atoms with Crippen LogP contribution in [0.2, 0.25) is 0 Å². The number of halogens is 4. The number of aliphatic carboxylic acids is 1. The Balaban J connectivity index is 3.09. The first-order chi connectivity index (χ1) is 7.30. The van der Waals surface area contributed by atoms with Gasteiger partial charge in [-0.15, -0.1) is 0 Å². The van der Waals surface area contributed by atoms with Crippen LogP contribution in [0, 0.1) is 0 Å². The molecular weight excluding hydrogens is 289 g/mol. The molecule has 0 aliphatic rings. The highest BCUT2D eigenvalue weighted by molar-refractivity contribution is 9.12. The van der Waals surface area contributed by atoms with Crippen LogP contribution in [0.4, 0.5) is 13.2 Å². The number of rotatable bonds is 2. The fraction of sp³-hybridized carbons (Fsp3) is 0.100. The Kier molecular flexibility index (Phi) is 3.74. The molecule has 0 saturated carbocycles. The maximum atomic E-state index is 12.3. The minimum Gasteiger partial charge on any atom is -0.477 e. The summed E-state index contributed by atoms with van der Waals surface area (Å²) < 4.78 is 36.7. The number of hydrogen-bond donors (Lipinski definition) is 1. The first-order valence-corrected chi connectivity index (χ1v) is 4.88. The summed E-state index contributed by atoms with van der Waals surface area (Å²) in [5.74, 6) is -1.24. The molecule has 0 aliphatic heterocycles. The van der Waals surface area contributed by atoms with Crippen LogP contribution >= 0.6 is 15.9 Å². The van der Waals surface area contributed by atoms with Crippen molar-refractivity contribution in [1.82, 2.24) is 0 Å². The molecule has 0 fully saturated rings. The van der Waals surface area contributed by atoms with Gasteiger partial charge in [0.2, 0.25) is 0 Å². The molecule has 16 heavy (non-hydrogen) atoms. The molecule has 0 spiro atoms. The topological polar surface area (TPSA) is 37.3 Å². The summed E-state index contributed by atoms with van der Waals surface area (Å²) in [5, 5.41) is 8.54. The number of benzene rings is 1. The van der Waals surface area contributed by atoms with Crippen molar-refractivity contribution >= 4 is 28.0 Å². The Labute approximate surface area is 97.5 Å². The molecule has 0 saturated heterocycles. The van der Waals surface area contributed by atoms with E-state index in [9.17, 15) is 18.0 Å². The predicted molar refractivity (Wildman–Crippen MR) is 56.0 cm³/mol. The second-order valence-electron chi connectivity index (χ2n) is 2.92. The Hall–Kier alpha value is -1.30. The van der Waals surface area contributed by atoms with Crippen molar-refractivity contribution in [2.75, 3.05) is 0 Å². The third-order valence-electron chi connectivity index (χ3n) is 1.71. The molecule has 86 valence electrons. The van der Waals surface area contributed by atoms with Crippen LogP contribution in [0.3, 0.4) is 0 Å². The average Bonchev–Trinajstić information content (AvgIpc) is 2.16. The van der Waals surface area contributed by atoms with Gasteiger partial charge in [0.05, 0.1) is 5.56 Å². The van der Waals surface area contributed by atoms with Crippen molar-refractivity contribution < 1.29 is 23.1 Å². The van der Waals surface area contributed by atoms with Gasteiger partial charge in [-0.2, -0.15) is 13.2 Å². The van der Waals surface area contributed by atoms with Gasteiger partial charge in [-0.3, -0.25) is 0 Å². The lowest BCUT2D eigenvalue weighted by Crippen LogP contribution is -2.04. The zero-order valence-corrected chi connectivity index (χ0v) is 9.34. The third kappa shape index (κ3) is 3.37. The fourth-order valence-corrected chi connectivity index (χ4v) is 1.28. The van der Waals surface area contributed by atoms with E-state index >= 15 is 0 Å². The van der Waals surface area contributed by atoms with Crippen molar-refractivity contribution in [3.05, 3.63) is 39.9 Å². The van der Waals surface area contributed by atoms with E-state index in [1.54, 1.807) is 0 Å². The highest BCUT2D eigenvalue weighted by atomic mass is 79.9. The smallest absolute Gasteiger partial charge is 0.416 e. The summed E-state index contributed by atoms with van der Waals surface area (Å²) in [5.41, 5.74) is -0.643. The van der Waals surface area contributed by atoms with Crippen LogP contribution in [0.25, 0.3) is 6.08 Å². The molecule has 0 atom stereocenters. The molecule has 2 nitrogen and oxygen atoms in total. The zero-order chi connectivity index (χ0) is 12.3. The van der Waals surface area contributed by atoms with Crippen LogP contribution in [0.5, 0.6) is 0 Å². The third-order valence-corrected chi connectivity index (χ3v) is 2.28. The molecule has 0 aromatic heterocycles. The van der Waals surface area contributed by atoms with E-state index in [1.165, 1.54) is 12.1 Å². The Morgan fingerprint density at radius 1 is 1.38 bits per heavy atom. The molecule has 1 aromatic rings. The molecule has 0 unspecified atom stereocenters. The molecule has 0 bridgehead atoms. The van der Waals surface area contributed by atoms with Crippen LogP contribution < -0.4 is 0 Å². The summed E-state index contributed by atoms with van der Waals surface area (Å²) >= 11 is 2.73. The van der Waals surface area contributed by atoms with Crippen LogP contribution in [0.1, 0.15) is 11.1 Å². The highest BCUT2D eigenvalue weighted by Gasteiger charge is 2.30. The molecule has 1 rings (SSSR count). The van der Waals surface area contributed by atoms with Crippen LogP contribution in [-0.2, 0) is 11.0 Å². The van der Waals surface area contributed by atoms with E-state index in [-0.39, 0.29) is 10.0 Å². The van der Waals surface area contributed by atoms with E-state index in [0.29, 0.717) is 0 Å². The number of carbonyl (C=O) groups is 1. The normalized spacial score (nSPS) is 12.6. The van der Waals surface area contributed by atoms with Crippen molar-refractivity contribution in [2.24, 2.45) is 0 Å². The average molecular weight is 295 g/mol. The number of hydrogen-bond acceptors (Lipinski definition) is 1. The summed E-state index contributed by atoms with van der Waals surface area (Å²) in [7, 11) is 0. The van der Waals surface area contributed by atoms with E-state index in [1.807, 2.05) is 0 Å². The second kappa shape index (κ2) is 4.69. The highest BCUT2D eigenvalue weighted by Crippen LogP contribution is 2.30. The van der Waals surface area contributed by atoms with Crippen molar-refractivity contribution in [3.63, 3.8) is 0 Å². The summed E-state index contributed by atoms with van der Waals surface area (Å²) in [6.07, 6.45) is -3.32. The fourth-order valence-electron chi connectivity index (χ4n) is 1.01. The van der Waals surface area contributed by atoms with Gasteiger partial charge in [0.25, 0.3) is 0 Å². The van der Waals surface area contributed by atoms with Crippen molar-refractivity contribution in [1.29, 1.82) is 0 Å². The quantitative estimate of drug-likeness (QED) is 0.847.